The molecule has 16 heavy (non-hydrogen) atoms. The van der Waals surface area contributed by atoms with Crippen molar-refractivity contribution in [1.82, 2.24) is 9.80 Å². The lowest BCUT2D eigenvalue weighted by Crippen LogP contribution is -2.47. The molecule has 0 aromatic heterocycles. The highest BCUT2D eigenvalue weighted by molar-refractivity contribution is 6.17. The van der Waals surface area contributed by atoms with Crippen LogP contribution in [-0.4, -0.2) is 42.0 Å². The van der Waals surface area contributed by atoms with Gasteiger partial charge in [-0.1, -0.05) is 37.3 Å². The van der Waals surface area contributed by atoms with Crippen molar-refractivity contribution in [2.45, 2.75) is 13.0 Å². The molecule has 1 fully saturated rings. The van der Waals surface area contributed by atoms with Crippen LogP contribution in [0.2, 0.25) is 0 Å². The molecule has 0 N–H and O–H groups in total. The van der Waals surface area contributed by atoms with Gasteiger partial charge in [-0.15, -0.1) is 11.6 Å². The molecular weight excluding hydrogens is 220 g/mol. The van der Waals surface area contributed by atoms with Crippen LogP contribution < -0.4 is 0 Å². The zero-order chi connectivity index (χ0) is 11.4. The molecule has 0 saturated carbocycles. The summed E-state index contributed by atoms with van der Waals surface area (Å²) in [4.78, 5) is 4.84. The Morgan fingerprint density at radius 2 is 2.00 bits per heavy atom. The molecule has 1 aliphatic heterocycles. The minimum absolute atomic E-state index is 0.499. The van der Waals surface area contributed by atoms with Crippen LogP contribution in [0.4, 0.5) is 0 Å². The van der Waals surface area contributed by atoms with Crippen molar-refractivity contribution in [2.24, 2.45) is 0 Å². The summed E-state index contributed by atoms with van der Waals surface area (Å²) in [5, 5.41) is 0. The van der Waals surface area contributed by atoms with Gasteiger partial charge in [0.15, 0.2) is 0 Å². The summed E-state index contributed by atoms with van der Waals surface area (Å²) in [7, 11) is 0. The molecule has 1 aromatic carbocycles. The summed E-state index contributed by atoms with van der Waals surface area (Å²) in [6.45, 7) is 6.58. The number of nitrogens with zero attached hydrogens (tertiary/aromatic N) is 2. The minimum atomic E-state index is 0.499. The highest BCUT2D eigenvalue weighted by Crippen LogP contribution is 2.24. The molecule has 2 nitrogen and oxygen atoms in total. The Balaban J connectivity index is 2.15. The second-order valence-electron chi connectivity index (χ2n) is 4.25. The molecule has 0 radical (unpaired) electrons. The average molecular weight is 239 g/mol. The Morgan fingerprint density at radius 3 is 2.62 bits per heavy atom. The summed E-state index contributed by atoms with van der Waals surface area (Å²) in [5.74, 6) is 0. The molecule has 0 spiro atoms. The first-order valence-corrected chi connectivity index (χ1v) is 6.46. The molecule has 0 amide bonds. The molecule has 1 saturated heterocycles. The third-order valence-electron chi connectivity index (χ3n) is 3.33. The van der Waals surface area contributed by atoms with Crippen molar-refractivity contribution in [3.8, 4) is 0 Å². The molecule has 0 aliphatic carbocycles. The van der Waals surface area contributed by atoms with E-state index in [0.29, 0.717) is 12.0 Å². The molecule has 2 rings (SSSR count). The molecule has 1 aliphatic rings. The lowest BCUT2D eigenvalue weighted by molar-refractivity contribution is 0.0903. The Hall–Kier alpha value is -0.570. The van der Waals surface area contributed by atoms with Crippen molar-refractivity contribution in [1.29, 1.82) is 0 Å². The number of hydrogen-bond donors (Lipinski definition) is 0. The van der Waals surface area contributed by atoms with E-state index in [0.717, 1.165) is 26.2 Å². The van der Waals surface area contributed by atoms with Crippen LogP contribution in [0.5, 0.6) is 0 Å². The van der Waals surface area contributed by atoms with Crippen LogP contribution in [0, 0.1) is 0 Å². The monoisotopic (exact) mass is 238 g/mol. The topological polar surface area (TPSA) is 6.48 Å². The van der Waals surface area contributed by atoms with Crippen molar-refractivity contribution in [2.75, 3.05) is 32.2 Å². The molecule has 1 aromatic rings. The Bertz CT molecular complexity index is 315. The van der Waals surface area contributed by atoms with E-state index in [1.165, 1.54) is 5.56 Å². The van der Waals surface area contributed by atoms with E-state index in [2.05, 4.69) is 47.1 Å². The van der Waals surface area contributed by atoms with Gasteiger partial charge < -0.3 is 0 Å². The molecule has 0 bridgehead atoms. The molecule has 3 heteroatoms. The lowest BCUT2D eigenvalue weighted by Gasteiger charge is -2.40. The highest BCUT2D eigenvalue weighted by atomic mass is 35.5. The highest BCUT2D eigenvalue weighted by Gasteiger charge is 2.26. The van der Waals surface area contributed by atoms with E-state index < -0.39 is 0 Å². The Labute approximate surface area is 103 Å². The number of benzene rings is 1. The third-order valence-corrected chi connectivity index (χ3v) is 3.67. The van der Waals surface area contributed by atoms with Gasteiger partial charge in [0.2, 0.25) is 0 Å². The van der Waals surface area contributed by atoms with Gasteiger partial charge in [0.25, 0.3) is 0 Å². The van der Waals surface area contributed by atoms with Crippen molar-refractivity contribution in [3.05, 3.63) is 35.9 Å². The first kappa shape index (κ1) is 11.9. The van der Waals surface area contributed by atoms with Crippen LogP contribution in [0.25, 0.3) is 0 Å². The number of halogens is 1. The van der Waals surface area contributed by atoms with E-state index >= 15 is 0 Å². The van der Waals surface area contributed by atoms with Crippen LogP contribution in [-0.2, 0) is 0 Å². The minimum Gasteiger partial charge on any atom is -0.294 e. The first-order chi connectivity index (χ1) is 7.85. The quantitative estimate of drug-likeness (QED) is 0.590. The fourth-order valence-electron chi connectivity index (χ4n) is 2.36. The van der Waals surface area contributed by atoms with E-state index in [4.69, 9.17) is 11.6 Å². The number of rotatable bonds is 3. The van der Waals surface area contributed by atoms with Gasteiger partial charge in [-0.25, -0.2) is 0 Å². The van der Waals surface area contributed by atoms with E-state index in [9.17, 15) is 0 Å². The van der Waals surface area contributed by atoms with E-state index in [1.807, 2.05) is 0 Å². The number of hydrogen-bond acceptors (Lipinski definition) is 2. The maximum absolute atomic E-state index is 5.93. The maximum atomic E-state index is 5.93. The van der Waals surface area contributed by atoms with Gasteiger partial charge in [-0.3, -0.25) is 9.80 Å². The van der Waals surface area contributed by atoms with Crippen molar-refractivity contribution >= 4 is 11.6 Å². The van der Waals surface area contributed by atoms with Gasteiger partial charge in [0, 0.05) is 25.7 Å². The summed E-state index contributed by atoms with van der Waals surface area (Å²) in [6, 6.07) is 11.9. The predicted molar refractivity (Wildman–Crippen MR) is 68.7 cm³/mol. The fraction of sp³-hybridized carbons (Fsp3) is 0.538. The van der Waals surface area contributed by atoms with Crippen LogP contribution in [0.1, 0.15) is 18.5 Å². The average Bonchev–Trinajstić information content (AvgIpc) is 2.39. The maximum Gasteiger partial charge on any atom is 0.0739 e. The number of piperazine rings is 1. The Morgan fingerprint density at radius 1 is 1.25 bits per heavy atom. The predicted octanol–water partition coefficient (Wildman–Crippen LogP) is 2.56. The summed E-state index contributed by atoms with van der Waals surface area (Å²) in [5.41, 5.74) is 1.40. The van der Waals surface area contributed by atoms with Gasteiger partial charge in [-0.05, 0) is 12.1 Å². The summed E-state index contributed by atoms with van der Waals surface area (Å²) in [6.07, 6.45) is 0. The van der Waals surface area contributed by atoms with Crippen molar-refractivity contribution in [3.63, 3.8) is 0 Å². The smallest absolute Gasteiger partial charge is 0.0739 e. The Kier molecular flexibility index (Phi) is 4.22. The lowest BCUT2D eigenvalue weighted by atomic mass is 10.0. The molecule has 88 valence electrons. The van der Waals surface area contributed by atoms with E-state index in [-0.39, 0.29) is 0 Å². The third kappa shape index (κ3) is 2.57. The molecule has 1 unspecified atom stereocenters. The second kappa shape index (κ2) is 5.67. The largest absolute Gasteiger partial charge is 0.294 e. The van der Waals surface area contributed by atoms with Gasteiger partial charge in [0.1, 0.15) is 0 Å². The summed E-state index contributed by atoms with van der Waals surface area (Å²) >= 11 is 5.93. The van der Waals surface area contributed by atoms with Crippen LogP contribution in [0.3, 0.4) is 0 Å². The fourth-order valence-corrected chi connectivity index (χ4v) is 2.57. The number of alkyl halides is 1. The molecule has 1 atom stereocenters. The standard InChI is InChI=1S/C13H19ClN2/c1-2-16-9-8-15(11-14)10-13(16)12-6-4-3-5-7-12/h3-7,13H,2,8-11H2,1H3. The summed E-state index contributed by atoms with van der Waals surface area (Å²) < 4.78 is 0. The molecular formula is C13H19ClN2. The van der Waals surface area contributed by atoms with Crippen LogP contribution in [0.15, 0.2) is 30.3 Å². The zero-order valence-corrected chi connectivity index (χ0v) is 10.5. The van der Waals surface area contributed by atoms with Gasteiger partial charge >= 0.3 is 0 Å². The molecule has 1 heterocycles. The van der Waals surface area contributed by atoms with Crippen LogP contribution >= 0.6 is 11.6 Å². The van der Waals surface area contributed by atoms with Gasteiger partial charge in [-0.2, -0.15) is 0 Å². The first-order valence-electron chi connectivity index (χ1n) is 5.92. The second-order valence-corrected chi connectivity index (χ2v) is 4.49. The van der Waals surface area contributed by atoms with Gasteiger partial charge in [0.05, 0.1) is 6.00 Å². The van der Waals surface area contributed by atoms with E-state index in [1.54, 1.807) is 0 Å². The SMILES string of the molecule is CCN1CCN(CCl)CC1c1ccccc1. The number of likely N-dealkylation sites (N-methyl/N-ethyl adjacent to an activating group) is 1. The zero-order valence-electron chi connectivity index (χ0n) is 9.77. The normalized spacial score (nSPS) is 23.5. The van der Waals surface area contributed by atoms with Crippen molar-refractivity contribution < 1.29 is 0 Å².